The van der Waals surface area contributed by atoms with Crippen LogP contribution in [0.2, 0.25) is 0 Å². The number of hydrogen-bond donors (Lipinski definition) is 1. The fraction of sp³-hybridized carbons (Fsp3) is 0.684. The van der Waals surface area contributed by atoms with E-state index in [0.29, 0.717) is 26.1 Å². The quantitative estimate of drug-likeness (QED) is 0.851. The lowest BCUT2D eigenvalue weighted by molar-refractivity contribution is -0.129. The van der Waals surface area contributed by atoms with E-state index in [4.69, 9.17) is 4.42 Å². The fourth-order valence-electron chi connectivity index (χ4n) is 4.15. The van der Waals surface area contributed by atoms with E-state index in [9.17, 15) is 9.59 Å². The second kappa shape index (κ2) is 8.04. The van der Waals surface area contributed by atoms with Gasteiger partial charge in [0.15, 0.2) is 0 Å². The number of likely N-dealkylation sites (tertiary alicyclic amines) is 2. The molecule has 0 radical (unpaired) electrons. The Balaban J connectivity index is 1.40. The number of piperidine rings is 1. The molecule has 1 N–H and O–H groups in total. The molecule has 2 aliphatic rings. The van der Waals surface area contributed by atoms with Crippen LogP contribution < -0.4 is 5.32 Å². The minimum atomic E-state index is -0.248. The molecule has 6 heteroatoms. The van der Waals surface area contributed by atoms with Crippen LogP contribution in [0.4, 0.5) is 0 Å². The number of nitrogens with zero attached hydrogens (tertiary/aromatic N) is 2. The number of furan rings is 1. The normalized spacial score (nSPS) is 27.7. The summed E-state index contributed by atoms with van der Waals surface area (Å²) in [6, 6.07) is 3.66. The van der Waals surface area contributed by atoms with Gasteiger partial charge in [-0.05, 0) is 30.4 Å². The van der Waals surface area contributed by atoms with Crippen molar-refractivity contribution in [2.75, 3.05) is 32.7 Å². The van der Waals surface area contributed by atoms with E-state index in [2.05, 4.69) is 24.1 Å². The lowest BCUT2D eigenvalue weighted by Crippen LogP contribution is -2.43. The average molecular weight is 347 g/mol. The van der Waals surface area contributed by atoms with E-state index in [-0.39, 0.29) is 17.7 Å². The first kappa shape index (κ1) is 18.0. The van der Waals surface area contributed by atoms with Gasteiger partial charge in [-0.25, -0.2) is 0 Å². The van der Waals surface area contributed by atoms with E-state index < -0.39 is 0 Å². The summed E-state index contributed by atoms with van der Waals surface area (Å²) in [6.07, 6.45) is 3.19. The molecule has 138 valence electrons. The van der Waals surface area contributed by atoms with Crippen LogP contribution in [0.25, 0.3) is 0 Å². The van der Waals surface area contributed by atoms with Gasteiger partial charge in [0.05, 0.1) is 18.7 Å². The van der Waals surface area contributed by atoms with Crippen LogP contribution >= 0.6 is 0 Å². The fourth-order valence-corrected chi connectivity index (χ4v) is 4.15. The Morgan fingerprint density at radius 3 is 2.72 bits per heavy atom. The summed E-state index contributed by atoms with van der Waals surface area (Å²) in [4.78, 5) is 28.6. The second-order valence-electron chi connectivity index (χ2n) is 7.75. The highest BCUT2D eigenvalue weighted by atomic mass is 16.3. The molecular formula is C19H29N3O3. The second-order valence-corrected chi connectivity index (χ2v) is 7.75. The molecule has 2 saturated heterocycles. The van der Waals surface area contributed by atoms with Gasteiger partial charge in [0.2, 0.25) is 11.8 Å². The van der Waals surface area contributed by atoms with Gasteiger partial charge >= 0.3 is 0 Å². The summed E-state index contributed by atoms with van der Waals surface area (Å²) in [5, 5.41) is 3.02. The van der Waals surface area contributed by atoms with Crippen molar-refractivity contribution in [3.05, 3.63) is 24.2 Å². The molecule has 6 nitrogen and oxygen atoms in total. The third kappa shape index (κ3) is 4.84. The minimum absolute atomic E-state index is 0.00611. The highest BCUT2D eigenvalue weighted by Gasteiger charge is 2.34. The summed E-state index contributed by atoms with van der Waals surface area (Å²) in [7, 11) is 0. The molecule has 2 aliphatic heterocycles. The zero-order chi connectivity index (χ0) is 17.8. The number of rotatable bonds is 6. The number of nitrogens with one attached hydrogen (secondary N) is 1. The van der Waals surface area contributed by atoms with Crippen molar-refractivity contribution in [3.8, 4) is 0 Å². The van der Waals surface area contributed by atoms with Crippen LogP contribution in [-0.2, 0) is 16.1 Å². The van der Waals surface area contributed by atoms with Crippen molar-refractivity contribution in [2.45, 2.75) is 33.2 Å². The third-order valence-electron chi connectivity index (χ3n) is 5.18. The van der Waals surface area contributed by atoms with Crippen LogP contribution in [-0.4, -0.2) is 54.3 Å². The number of carbonyl (C=O) groups is 2. The minimum Gasteiger partial charge on any atom is -0.467 e. The summed E-state index contributed by atoms with van der Waals surface area (Å²) in [5.41, 5.74) is 0. The molecule has 1 aromatic heterocycles. The zero-order valence-electron chi connectivity index (χ0n) is 15.2. The van der Waals surface area contributed by atoms with Crippen LogP contribution in [0.1, 0.15) is 32.4 Å². The van der Waals surface area contributed by atoms with Crippen LogP contribution in [0.15, 0.2) is 22.8 Å². The van der Waals surface area contributed by atoms with Crippen LogP contribution in [0.5, 0.6) is 0 Å². The Labute approximate surface area is 149 Å². The molecule has 25 heavy (non-hydrogen) atoms. The molecule has 0 unspecified atom stereocenters. The highest BCUT2D eigenvalue weighted by molar-refractivity contribution is 5.89. The lowest BCUT2D eigenvalue weighted by Gasteiger charge is -2.34. The SMILES string of the molecule is C[C@@H]1C[C@@H](C)CN(CCNC(=O)[C@@H]2CC(=O)N(Cc3ccco3)C2)C1. The molecular weight excluding hydrogens is 318 g/mol. The first-order valence-corrected chi connectivity index (χ1v) is 9.31. The van der Waals surface area contributed by atoms with E-state index in [1.807, 2.05) is 12.1 Å². The van der Waals surface area contributed by atoms with Crippen LogP contribution in [0.3, 0.4) is 0 Å². The highest BCUT2D eigenvalue weighted by Crippen LogP contribution is 2.21. The maximum absolute atomic E-state index is 12.4. The molecule has 3 atom stereocenters. The standard InChI is InChI=1S/C19H29N3O3/c1-14-8-15(2)11-21(10-14)6-5-20-19(24)16-9-18(23)22(12-16)13-17-4-3-7-25-17/h3-4,7,14-16H,5-6,8-13H2,1-2H3,(H,20,24)/t14-,15-,16-/m1/s1. The first-order chi connectivity index (χ1) is 12.0. The van der Waals surface area contributed by atoms with Gasteiger partial charge in [-0.3, -0.25) is 9.59 Å². The summed E-state index contributed by atoms with van der Waals surface area (Å²) >= 11 is 0. The topological polar surface area (TPSA) is 65.8 Å². The van der Waals surface area contributed by atoms with Crippen molar-refractivity contribution in [3.63, 3.8) is 0 Å². The Morgan fingerprint density at radius 2 is 2.04 bits per heavy atom. The molecule has 3 heterocycles. The summed E-state index contributed by atoms with van der Waals surface area (Å²) in [6.45, 7) is 9.26. The van der Waals surface area contributed by atoms with Crippen molar-refractivity contribution < 1.29 is 14.0 Å². The zero-order valence-corrected chi connectivity index (χ0v) is 15.2. The summed E-state index contributed by atoms with van der Waals surface area (Å²) < 4.78 is 5.29. The molecule has 2 fully saturated rings. The molecule has 1 aromatic rings. The van der Waals surface area contributed by atoms with Gasteiger partial charge in [-0.1, -0.05) is 13.8 Å². The van der Waals surface area contributed by atoms with Gasteiger partial charge in [0, 0.05) is 39.1 Å². The van der Waals surface area contributed by atoms with Crippen molar-refractivity contribution >= 4 is 11.8 Å². The predicted octanol–water partition coefficient (Wildman–Crippen LogP) is 1.72. The molecule has 0 bridgehead atoms. The molecule has 0 spiro atoms. The van der Waals surface area contributed by atoms with E-state index >= 15 is 0 Å². The van der Waals surface area contributed by atoms with Crippen molar-refractivity contribution in [1.82, 2.24) is 15.1 Å². The first-order valence-electron chi connectivity index (χ1n) is 9.31. The maximum Gasteiger partial charge on any atom is 0.225 e. The smallest absolute Gasteiger partial charge is 0.225 e. The molecule has 3 rings (SSSR count). The van der Waals surface area contributed by atoms with Gasteiger partial charge in [0.25, 0.3) is 0 Å². The third-order valence-corrected chi connectivity index (χ3v) is 5.18. The molecule has 0 saturated carbocycles. The van der Waals surface area contributed by atoms with Gasteiger partial charge in [-0.2, -0.15) is 0 Å². The Kier molecular flexibility index (Phi) is 5.78. The van der Waals surface area contributed by atoms with Crippen molar-refractivity contribution in [2.24, 2.45) is 17.8 Å². The predicted molar refractivity (Wildman–Crippen MR) is 94.6 cm³/mol. The number of amides is 2. The largest absolute Gasteiger partial charge is 0.467 e. The maximum atomic E-state index is 12.4. The van der Waals surface area contributed by atoms with E-state index in [1.165, 1.54) is 6.42 Å². The number of hydrogen-bond acceptors (Lipinski definition) is 4. The van der Waals surface area contributed by atoms with Crippen LogP contribution in [0, 0.1) is 17.8 Å². The summed E-state index contributed by atoms with van der Waals surface area (Å²) in [5.74, 6) is 1.97. The van der Waals surface area contributed by atoms with Gasteiger partial charge in [-0.15, -0.1) is 0 Å². The Morgan fingerprint density at radius 1 is 1.28 bits per heavy atom. The van der Waals surface area contributed by atoms with E-state index in [1.54, 1.807) is 11.2 Å². The Bertz CT molecular complexity index is 577. The molecule has 2 amide bonds. The van der Waals surface area contributed by atoms with E-state index in [0.717, 1.165) is 37.2 Å². The average Bonchev–Trinajstić information content (AvgIpc) is 3.17. The molecule has 0 aliphatic carbocycles. The van der Waals surface area contributed by atoms with Crippen molar-refractivity contribution in [1.29, 1.82) is 0 Å². The lowest BCUT2D eigenvalue weighted by atomic mass is 9.92. The monoisotopic (exact) mass is 347 g/mol. The Hall–Kier alpha value is -1.82. The molecule has 0 aromatic carbocycles. The number of carbonyl (C=O) groups excluding carboxylic acids is 2. The van der Waals surface area contributed by atoms with Gasteiger partial charge < -0.3 is 19.5 Å². The van der Waals surface area contributed by atoms with Gasteiger partial charge in [0.1, 0.15) is 5.76 Å².